The Bertz CT molecular complexity index is 208. The Kier molecular flexibility index (Phi) is 5.03. The predicted molar refractivity (Wildman–Crippen MR) is 66.6 cm³/mol. The van der Waals surface area contributed by atoms with E-state index in [4.69, 9.17) is 9.47 Å². The first kappa shape index (κ1) is 12.9. The smallest absolute Gasteiger partial charge is 0.157 e. The number of hydrogen-bond donors (Lipinski definition) is 0. The van der Waals surface area contributed by atoms with E-state index in [1.807, 2.05) is 0 Å². The van der Waals surface area contributed by atoms with Crippen LogP contribution in [-0.2, 0) is 9.47 Å². The summed E-state index contributed by atoms with van der Waals surface area (Å²) in [5.74, 6) is 0. The van der Waals surface area contributed by atoms with E-state index < -0.39 is 8.07 Å². The maximum atomic E-state index is 5.70. The number of rotatable bonds is 5. The molecule has 2 atom stereocenters. The normalized spacial score (nSPS) is 27.7. The fourth-order valence-electron chi connectivity index (χ4n) is 1.78. The molecule has 0 N–H and O–H groups in total. The molecule has 1 aliphatic heterocycles. The summed E-state index contributed by atoms with van der Waals surface area (Å²) in [5, 5.41) is 0. The van der Waals surface area contributed by atoms with Crippen molar-refractivity contribution in [2.24, 2.45) is 0 Å². The van der Waals surface area contributed by atoms with Gasteiger partial charge in [-0.15, -0.1) is 0 Å². The van der Waals surface area contributed by atoms with Gasteiger partial charge >= 0.3 is 0 Å². The fourth-order valence-corrected chi connectivity index (χ4v) is 2.65. The minimum absolute atomic E-state index is 0.0518. The monoisotopic (exact) mass is 228 g/mol. The molecule has 2 nitrogen and oxygen atoms in total. The largest absolute Gasteiger partial charge is 0.356 e. The van der Waals surface area contributed by atoms with E-state index in [-0.39, 0.29) is 6.29 Å². The van der Waals surface area contributed by atoms with Crippen LogP contribution >= 0.6 is 0 Å². The maximum Gasteiger partial charge on any atom is 0.157 e. The second kappa shape index (κ2) is 5.82. The van der Waals surface area contributed by atoms with Crippen LogP contribution in [0.3, 0.4) is 0 Å². The van der Waals surface area contributed by atoms with Crippen molar-refractivity contribution >= 4 is 8.07 Å². The lowest BCUT2D eigenvalue weighted by Gasteiger charge is -2.12. The Morgan fingerprint density at radius 1 is 1.33 bits per heavy atom. The van der Waals surface area contributed by atoms with E-state index in [1.165, 1.54) is 0 Å². The van der Waals surface area contributed by atoms with Crippen molar-refractivity contribution in [3.05, 3.63) is 11.8 Å². The van der Waals surface area contributed by atoms with Crippen LogP contribution in [0.5, 0.6) is 0 Å². The average Bonchev–Trinajstić information content (AvgIpc) is 2.59. The predicted octanol–water partition coefficient (Wildman–Crippen LogP) is 3.35. The van der Waals surface area contributed by atoms with Gasteiger partial charge in [0.25, 0.3) is 0 Å². The molecular weight excluding hydrogens is 204 g/mol. The summed E-state index contributed by atoms with van der Waals surface area (Å²) in [6, 6.07) is 0. The SMILES string of the molecule is COC1CCC(CC/C=C/[Si](C)(C)C)O1. The molecule has 1 fully saturated rings. The highest BCUT2D eigenvalue weighted by molar-refractivity contribution is 6.80. The van der Waals surface area contributed by atoms with Gasteiger partial charge in [-0.1, -0.05) is 31.4 Å². The van der Waals surface area contributed by atoms with Crippen LogP contribution in [0.25, 0.3) is 0 Å². The summed E-state index contributed by atoms with van der Waals surface area (Å²) in [6.07, 6.45) is 7.29. The molecule has 0 aromatic rings. The molecule has 3 heteroatoms. The molecule has 0 aromatic heterocycles. The summed E-state index contributed by atoms with van der Waals surface area (Å²) < 4.78 is 10.9. The molecule has 2 unspecified atom stereocenters. The zero-order valence-corrected chi connectivity index (χ0v) is 11.5. The molecule has 0 aliphatic carbocycles. The van der Waals surface area contributed by atoms with Crippen molar-refractivity contribution < 1.29 is 9.47 Å². The summed E-state index contributed by atoms with van der Waals surface area (Å²) in [6.45, 7) is 7.07. The van der Waals surface area contributed by atoms with Crippen LogP contribution < -0.4 is 0 Å². The van der Waals surface area contributed by atoms with Crippen LogP contribution in [0.1, 0.15) is 25.7 Å². The fraction of sp³-hybridized carbons (Fsp3) is 0.833. The lowest BCUT2D eigenvalue weighted by atomic mass is 10.1. The molecule has 1 saturated heterocycles. The zero-order valence-electron chi connectivity index (χ0n) is 10.5. The molecule has 0 saturated carbocycles. The van der Waals surface area contributed by atoms with Gasteiger partial charge in [-0.3, -0.25) is 0 Å². The van der Waals surface area contributed by atoms with Gasteiger partial charge in [0.1, 0.15) is 0 Å². The Labute approximate surface area is 94.7 Å². The first-order valence-corrected chi connectivity index (χ1v) is 9.45. The standard InChI is InChI=1S/C12H24O2Si/c1-13-12-9-8-11(14-12)7-5-6-10-15(2,3)4/h6,10-12H,5,7-9H2,1-4H3/b10-6+. The average molecular weight is 228 g/mol. The molecule has 1 aliphatic rings. The van der Waals surface area contributed by atoms with Crippen molar-refractivity contribution in [1.82, 2.24) is 0 Å². The van der Waals surface area contributed by atoms with Gasteiger partial charge in [-0.2, -0.15) is 0 Å². The van der Waals surface area contributed by atoms with E-state index in [0.717, 1.165) is 25.7 Å². The minimum Gasteiger partial charge on any atom is -0.356 e. The third kappa shape index (κ3) is 5.49. The molecule has 1 heterocycles. The van der Waals surface area contributed by atoms with E-state index in [9.17, 15) is 0 Å². The highest BCUT2D eigenvalue weighted by atomic mass is 28.3. The lowest BCUT2D eigenvalue weighted by molar-refractivity contribution is -0.115. The second-order valence-corrected chi connectivity index (χ2v) is 10.4. The van der Waals surface area contributed by atoms with Gasteiger partial charge in [-0.25, -0.2) is 0 Å². The molecule has 0 aromatic carbocycles. The minimum atomic E-state index is -1.00. The Hall–Kier alpha value is -0.123. The van der Waals surface area contributed by atoms with Gasteiger partial charge < -0.3 is 9.47 Å². The third-order valence-electron chi connectivity index (χ3n) is 2.60. The topological polar surface area (TPSA) is 18.5 Å². The van der Waals surface area contributed by atoms with Gasteiger partial charge in [0, 0.05) is 13.5 Å². The highest BCUT2D eigenvalue weighted by Crippen LogP contribution is 2.23. The van der Waals surface area contributed by atoms with E-state index in [1.54, 1.807) is 7.11 Å². The van der Waals surface area contributed by atoms with Crippen LogP contribution in [0.4, 0.5) is 0 Å². The Morgan fingerprint density at radius 2 is 2.07 bits per heavy atom. The maximum absolute atomic E-state index is 5.70. The summed E-state index contributed by atoms with van der Waals surface area (Å²) >= 11 is 0. The number of hydrogen-bond acceptors (Lipinski definition) is 2. The lowest BCUT2D eigenvalue weighted by Crippen LogP contribution is -2.15. The van der Waals surface area contributed by atoms with E-state index in [2.05, 4.69) is 31.4 Å². The molecule has 0 radical (unpaired) electrons. The van der Waals surface area contributed by atoms with Crippen molar-refractivity contribution in [1.29, 1.82) is 0 Å². The summed E-state index contributed by atoms with van der Waals surface area (Å²) in [5.41, 5.74) is 2.41. The van der Waals surface area contributed by atoms with Gasteiger partial charge in [0.2, 0.25) is 0 Å². The van der Waals surface area contributed by atoms with Crippen LogP contribution in [-0.4, -0.2) is 27.6 Å². The van der Waals surface area contributed by atoms with E-state index >= 15 is 0 Å². The molecule has 0 amide bonds. The van der Waals surface area contributed by atoms with Crippen LogP contribution in [0.15, 0.2) is 11.8 Å². The molecule has 1 rings (SSSR count). The quantitative estimate of drug-likeness (QED) is 0.672. The van der Waals surface area contributed by atoms with Crippen LogP contribution in [0, 0.1) is 0 Å². The Balaban J connectivity index is 2.14. The Morgan fingerprint density at radius 3 is 2.60 bits per heavy atom. The van der Waals surface area contributed by atoms with Gasteiger partial charge in [0.05, 0.1) is 14.2 Å². The van der Waals surface area contributed by atoms with Crippen molar-refractivity contribution in [3.63, 3.8) is 0 Å². The first-order chi connectivity index (χ1) is 7.01. The second-order valence-electron chi connectivity index (χ2n) is 5.35. The van der Waals surface area contributed by atoms with Crippen LogP contribution in [0.2, 0.25) is 19.6 Å². The van der Waals surface area contributed by atoms with Gasteiger partial charge in [-0.05, 0) is 19.3 Å². The molecular formula is C12H24O2Si. The van der Waals surface area contributed by atoms with Crippen molar-refractivity contribution in [2.75, 3.05) is 7.11 Å². The van der Waals surface area contributed by atoms with E-state index in [0.29, 0.717) is 6.10 Å². The molecule has 0 bridgehead atoms. The van der Waals surface area contributed by atoms with Crippen molar-refractivity contribution in [2.45, 2.75) is 57.7 Å². The summed E-state index contributed by atoms with van der Waals surface area (Å²) in [7, 11) is 0.720. The third-order valence-corrected chi connectivity index (χ3v) is 3.84. The number of methoxy groups -OCH3 is 1. The molecule has 15 heavy (non-hydrogen) atoms. The molecule has 0 spiro atoms. The highest BCUT2D eigenvalue weighted by Gasteiger charge is 2.23. The first-order valence-electron chi connectivity index (χ1n) is 5.87. The van der Waals surface area contributed by atoms with Crippen molar-refractivity contribution in [3.8, 4) is 0 Å². The molecule has 88 valence electrons. The number of allylic oxidation sites excluding steroid dienone is 1. The summed E-state index contributed by atoms with van der Waals surface area (Å²) in [4.78, 5) is 0. The van der Waals surface area contributed by atoms with Gasteiger partial charge in [0.15, 0.2) is 6.29 Å². The zero-order chi connectivity index (χ0) is 11.3. The number of ether oxygens (including phenoxy) is 2.